The molecule has 0 radical (unpaired) electrons. The molecule has 7 heteroatoms. The number of esters is 1. The molecule has 1 aromatic heterocycles. The van der Waals surface area contributed by atoms with E-state index >= 15 is 0 Å². The largest absolute Gasteiger partial charge is 0.454 e. The number of nitrogens with one attached hydrogen (secondary N) is 2. The molecule has 0 fully saturated rings. The predicted octanol–water partition coefficient (Wildman–Crippen LogP) is 0.793. The summed E-state index contributed by atoms with van der Waals surface area (Å²) in [5, 5.41) is 6.82. The van der Waals surface area contributed by atoms with E-state index in [-0.39, 0.29) is 25.0 Å². The third-order valence-electron chi connectivity index (χ3n) is 2.21. The first-order chi connectivity index (χ1) is 9.49. The second kappa shape index (κ2) is 8.31. The van der Waals surface area contributed by atoms with Gasteiger partial charge in [0.15, 0.2) is 6.61 Å². The zero-order valence-corrected chi connectivity index (χ0v) is 12.3. The Bertz CT molecular complexity index is 457. The molecular weight excluding hydrogens is 280 g/mol. The van der Waals surface area contributed by atoms with Crippen molar-refractivity contribution in [2.24, 2.45) is 5.92 Å². The molecule has 0 aliphatic carbocycles. The maximum Gasteiger partial charge on any atom is 0.325 e. The van der Waals surface area contributed by atoms with Crippen molar-refractivity contribution in [3.63, 3.8) is 0 Å². The van der Waals surface area contributed by atoms with Crippen molar-refractivity contribution in [3.8, 4) is 0 Å². The SMILES string of the molecule is CC(C)CNC(=O)COC(=O)CNC(=O)c1cccs1. The zero-order chi connectivity index (χ0) is 15.0. The van der Waals surface area contributed by atoms with Gasteiger partial charge in [0.2, 0.25) is 0 Å². The van der Waals surface area contributed by atoms with Crippen LogP contribution in [-0.4, -0.2) is 37.5 Å². The highest BCUT2D eigenvalue weighted by Gasteiger charge is 2.11. The molecule has 0 saturated carbocycles. The number of ether oxygens (including phenoxy) is 1. The first-order valence-corrected chi connectivity index (χ1v) is 7.11. The van der Waals surface area contributed by atoms with Crippen LogP contribution in [0.1, 0.15) is 23.5 Å². The van der Waals surface area contributed by atoms with Crippen molar-refractivity contribution in [3.05, 3.63) is 22.4 Å². The minimum Gasteiger partial charge on any atom is -0.454 e. The molecule has 0 aliphatic rings. The Morgan fingerprint density at radius 2 is 2.05 bits per heavy atom. The summed E-state index contributed by atoms with van der Waals surface area (Å²) in [5.41, 5.74) is 0. The van der Waals surface area contributed by atoms with Crippen LogP contribution in [0.5, 0.6) is 0 Å². The summed E-state index contributed by atoms with van der Waals surface area (Å²) >= 11 is 1.28. The molecule has 1 aromatic rings. The van der Waals surface area contributed by atoms with E-state index in [1.807, 2.05) is 13.8 Å². The van der Waals surface area contributed by atoms with Gasteiger partial charge in [0, 0.05) is 6.54 Å². The summed E-state index contributed by atoms with van der Waals surface area (Å²) in [6.45, 7) is 3.87. The topological polar surface area (TPSA) is 84.5 Å². The van der Waals surface area contributed by atoms with Gasteiger partial charge in [-0.25, -0.2) is 0 Å². The van der Waals surface area contributed by atoms with E-state index in [0.717, 1.165) is 0 Å². The lowest BCUT2D eigenvalue weighted by atomic mass is 10.2. The molecule has 0 saturated heterocycles. The highest BCUT2D eigenvalue weighted by Crippen LogP contribution is 2.07. The van der Waals surface area contributed by atoms with Crippen molar-refractivity contribution < 1.29 is 19.1 Å². The predicted molar refractivity (Wildman–Crippen MR) is 75.5 cm³/mol. The molecule has 0 unspecified atom stereocenters. The third-order valence-corrected chi connectivity index (χ3v) is 3.08. The van der Waals surface area contributed by atoms with Gasteiger partial charge < -0.3 is 15.4 Å². The molecule has 1 rings (SSSR count). The summed E-state index contributed by atoms with van der Waals surface area (Å²) in [6.07, 6.45) is 0. The number of rotatable bonds is 7. The molecular formula is C13H18N2O4S. The Morgan fingerprint density at radius 1 is 1.30 bits per heavy atom. The second-order valence-corrected chi connectivity index (χ2v) is 5.47. The van der Waals surface area contributed by atoms with Crippen LogP contribution in [0, 0.1) is 5.92 Å². The monoisotopic (exact) mass is 298 g/mol. The highest BCUT2D eigenvalue weighted by molar-refractivity contribution is 7.12. The van der Waals surface area contributed by atoms with Gasteiger partial charge in [-0.1, -0.05) is 19.9 Å². The van der Waals surface area contributed by atoms with Crippen LogP contribution in [0.25, 0.3) is 0 Å². The van der Waals surface area contributed by atoms with E-state index < -0.39 is 5.97 Å². The Kier molecular flexibility index (Phi) is 6.72. The fourth-order valence-corrected chi connectivity index (χ4v) is 1.85. The average Bonchev–Trinajstić information content (AvgIpc) is 2.94. The average molecular weight is 298 g/mol. The molecule has 0 spiro atoms. The van der Waals surface area contributed by atoms with Gasteiger partial charge in [-0.2, -0.15) is 0 Å². The highest BCUT2D eigenvalue weighted by atomic mass is 32.1. The summed E-state index contributed by atoms with van der Waals surface area (Å²) < 4.78 is 4.74. The van der Waals surface area contributed by atoms with Crippen molar-refractivity contribution in [1.82, 2.24) is 10.6 Å². The lowest BCUT2D eigenvalue weighted by Crippen LogP contribution is -2.34. The summed E-state index contributed by atoms with van der Waals surface area (Å²) in [5.74, 6) is -0.993. The molecule has 0 aliphatic heterocycles. The first-order valence-electron chi connectivity index (χ1n) is 6.23. The van der Waals surface area contributed by atoms with E-state index in [9.17, 15) is 14.4 Å². The Balaban J connectivity index is 2.17. The molecule has 2 amide bonds. The smallest absolute Gasteiger partial charge is 0.325 e. The minimum atomic E-state index is -0.644. The lowest BCUT2D eigenvalue weighted by Gasteiger charge is -2.08. The number of hydrogen-bond donors (Lipinski definition) is 2. The van der Waals surface area contributed by atoms with Gasteiger partial charge in [0.1, 0.15) is 6.54 Å². The molecule has 1 heterocycles. The Morgan fingerprint density at radius 3 is 2.65 bits per heavy atom. The Labute approximate surface area is 121 Å². The first kappa shape index (κ1) is 16.2. The lowest BCUT2D eigenvalue weighted by molar-refractivity contribution is -0.147. The van der Waals surface area contributed by atoms with Gasteiger partial charge in [0.05, 0.1) is 4.88 Å². The van der Waals surface area contributed by atoms with Crippen LogP contribution in [0.15, 0.2) is 17.5 Å². The molecule has 2 N–H and O–H groups in total. The summed E-state index contributed by atoms with van der Waals surface area (Å²) in [6, 6.07) is 3.40. The van der Waals surface area contributed by atoms with Gasteiger partial charge in [-0.15, -0.1) is 11.3 Å². The van der Waals surface area contributed by atoms with Crippen LogP contribution in [0.2, 0.25) is 0 Å². The van der Waals surface area contributed by atoms with Gasteiger partial charge in [-0.3, -0.25) is 14.4 Å². The normalized spacial score (nSPS) is 10.2. The van der Waals surface area contributed by atoms with Crippen molar-refractivity contribution in [2.45, 2.75) is 13.8 Å². The van der Waals surface area contributed by atoms with Gasteiger partial charge in [-0.05, 0) is 17.4 Å². The molecule has 20 heavy (non-hydrogen) atoms. The van der Waals surface area contributed by atoms with E-state index in [0.29, 0.717) is 17.3 Å². The van der Waals surface area contributed by atoms with E-state index in [2.05, 4.69) is 10.6 Å². The zero-order valence-electron chi connectivity index (χ0n) is 11.5. The number of hydrogen-bond acceptors (Lipinski definition) is 5. The van der Waals surface area contributed by atoms with Crippen LogP contribution in [0.4, 0.5) is 0 Å². The van der Waals surface area contributed by atoms with E-state index in [4.69, 9.17) is 4.74 Å². The second-order valence-electron chi connectivity index (χ2n) is 4.52. The fraction of sp³-hybridized carbons (Fsp3) is 0.462. The van der Waals surface area contributed by atoms with Crippen molar-refractivity contribution in [1.29, 1.82) is 0 Å². The summed E-state index contributed by atoms with van der Waals surface area (Å²) in [7, 11) is 0. The molecule has 0 bridgehead atoms. The summed E-state index contributed by atoms with van der Waals surface area (Å²) in [4.78, 5) is 34.7. The fourth-order valence-electron chi connectivity index (χ4n) is 1.21. The van der Waals surface area contributed by atoms with Gasteiger partial charge in [0.25, 0.3) is 11.8 Å². The van der Waals surface area contributed by atoms with Crippen molar-refractivity contribution >= 4 is 29.1 Å². The number of amides is 2. The van der Waals surface area contributed by atoms with Crippen LogP contribution < -0.4 is 10.6 Å². The standard InChI is InChI=1S/C13H18N2O4S/c1-9(2)6-14-11(16)8-19-12(17)7-15-13(18)10-4-3-5-20-10/h3-5,9H,6-8H2,1-2H3,(H,14,16)(H,15,18). The van der Waals surface area contributed by atoms with Crippen LogP contribution in [-0.2, 0) is 14.3 Å². The number of carbonyl (C=O) groups excluding carboxylic acids is 3. The quantitative estimate of drug-likeness (QED) is 0.729. The van der Waals surface area contributed by atoms with Crippen LogP contribution >= 0.6 is 11.3 Å². The Hall–Kier alpha value is -1.89. The molecule has 6 nitrogen and oxygen atoms in total. The van der Waals surface area contributed by atoms with Crippen molar-refractivity contribution in [2.75, 3.05) is 19.7 Å². The van der Waals surface area contributed by atoms with E-state index in [1.54, 1.807) is 17.5 Å². The minimum absolute atomic E-state index is 0.256. The molecule has 0 aromatic carbocycles. The maximum absolute atomic E-state index is 11.5. The van der Waals surface area contributed by atoms with E-state index in [1.165, 1.54) is 11.3 Å². The third kappa shape index (κ3) is 6.33. The molecule has 0 atom stereocenters. The number of thiophene rings is 1. The van der Waals surface area contributed by atoms with Crippen LogP contribution in [0.3, 0.4) is 0 Å². The number of carbonyl (C=O) groups is 3. The maximum atomic E-state index is 11.5. The van der Waals surface area contributed by atoms with Gasteiger partial charge >= 0.3 is 5.97 Å². The molecule has 110 valence electrons.